The molecule has 0 aliphatic heterocycles. The maximum Gasteiger partial charge on any atom is 0.282 e. The predicted octanol–water partition coefficient (Wildman–Crippen LogP) is 1.87. The van der Waals surface area contributed by atoms with Gasteiger partial charge in [-0.25, -0.2) is 15.0 Å². The summed E-state index contributed by atoms with van der Waals surface area (Å²) in [4.78, 5) is 11.7. The fraction of sp³-hybridized carbons (Fsp3) is 0.182. The quantitative estimate of drug-likeness (QED) is 0.847. The van der Waals surface area contributed by atoms with Crippen LogP contribution in [0.1, 0.15) is 6.92 Å². The average molecular weight is 358 g/mol. The number of pyridine rings is 1. The zero-order valence-corrected chi connectivity index (χ0v) is 12.9. The molecule has 106 valence electrons. The van der Waals surface area contributed by atoms with Gasteiger partial charge in [0.05, 0.1) is 18.1 Å². The molecule has 0 aliphatic carbocycles. The van der Waals surface area contributed by atoms with Gasteiger partial charge >= 0.3 is 0 Å². The third-order valence-electron chi connectivity index (χ3n) is 2.25. The molecule has 0 unspecified atom stereocenters. The highest BCUT2D eigenvalue weighted by Crippen LogP contribution is 2.20. The summed E-state index contributed by atoms with van der Waals surface area (Å²) < 4.78 is 27.4. The van der Waals surface area contributed by atoms with Crippen molar-refractivity contribution < 1.29 is 8.42 Å². The largest absolute Gasteiger partial charge is 0.383 e. The maximum absolute atomic E-state index is 12.3. The molecule has 0 spiro atoms. The van der Waals surface area contributed by atoms with Crippen molar-refractivity contribution in [1.29, 1.82) is 0 Å². The molecule has 20 heavy (non-hydrogen) atoms. The smallest absolute Gasteiger partial charge is 0.282 e. The van der Waals surface area contributed by atoms with Gasteiger partial charge in [-0.05, 0) is 35.0 Å². The summed E-state index contributed by atoms with van der Waals surface area (Å²) in [6.45, 7) is 2.46. The molecule has 0 aliphatic rings. The van der Waals surface area contributed by atoms with E-state index in [1.807, 2.05) is 6.92 Å². The van der Waals surface area contributed by atoms with Crippen molar-refractivity contribution in [2.24, 2.45) is 0 Å². The number of hydrogen-bond donors (Lipinski definition) is 2. The zero-order valence-electron chi connectivity index (χ0n) is 10.5. The highest BCUT2D eigenvalue weighted by atomic mass is 79.9. The van der Waals surface area contributed by atoms with E-state index in [1.165, 1.54) is 18.6 Å². The van der Waals surface area contributed by atoms with E-state index >= 15 is 0 Å². The Hall–Kier alpha value is -1.74. The van der Waals surface area contributed by atoms with Crippen molar-refractivity contribution in [2.45, 2.75) is 11.9 Å². The molecule has 2 heterocycles. The van der Waals surface area contributed by atoms with Crippen molar-refractivity contribution in [2.75, 3.05) is 16.6 Å². The molecule has 7 nitrogen and oxygen atoms in total. The monoisotopic (exact) mass is 357 g/mol. The van der Waals surface area contributed by atoms with Gasteiger partial charge in [-0.15, -0.1) is 0 Å². The molecular weight excluding hydrogens is 346 g/mol. The molecule has 0 radical (unpaired) electrons. The molecule has 0 bridgehead atoms. The number of halogens is 1. The molecule has 0 saturated heterocycles. The van der Waals surface area contributed by atoms with Gasteiger partial charge in [0.1, 0.15) is 4.60 Å². The Morgan fingerprint density at radius 3 is 2.70 bits per heavy atom. The van der Waals surface area contributed by atoms with Crippen LogP contribution >= 0.6 is 15.9 Å². The molecular formula is C11H12BrN5O2S. The Morgan fingerprint density at radius 1 is 1.25 bits per heavy atom. The summed E-state index contributed by atoms with van der Waals surface area (Å²) in [6.07, 6.45) is 4.14. The van der Waals surface area contributed by atoms with Gasteiger partial charge in [-0.1, -0.05) is 0 Å². The average Bonchev–Trinajstić information content (AvgIpc) is 2.42. The van der Waals surface area contributed by atoms with Gasteiger partial charge in [0.25, 0.3) is 10.0 Å². The van der Waals surface area contributed by atoms with Gasteiger partial charge in [-0.3, -0.25) is 4.72 Å². The van der Waals surface area contributed by atoms with E-state index in [0.29, 0.717) is 16.8 Å². The summed E-state index contributed by atoms with van der Waals surface area (Å²) >= 11 is 3.13. The Balaban J connectivity index is 2.33. The lowest BCUT2D eigenvalue weighted by molar-refractivity contribution is 0.597. The van der Waals surface area contributed by atoms with Crippen LogP contribution in [-0.2, 0) is 10.0 Å². The van der Waals surface area contributed by atoms with Crippen molar-refractivity contribution in [3.63, 3.8) is 0 Å². The number of aromatic nitrogens is 3. The van der Waals surface area contributed by atoms with Crippen LogP contribution in [0, 0.1) is 0 Å². The number of anilines is 2. The van der Waals surface area contributed by atoms with E-state index in [2.05, 4.69) is 40.9 Å². The first-order chi connectivity index (χ1) is 9.53. The Bertz CT molecular complexity index is 690. The van der Waals surface area contributed by atoms with E-state index in [-0.39, 0.29) is 10.8 Å². The molecule has 2 N–H and O–H groups in total. The third-order valence-corrected chi connectivity index (χ3v) is 3.97. The highest BCUT2D eigenvalue weighted by molar-refractivity contribution is 9.10. The van der Waals surface area contributed by atoms with Crippen LogP contribution in [0.25, 0.3) is 0 Å². The van der Waals surface area contributed by atoms with Crippen LogP contribution in [0.15, 0.2) is 40.4 Å². The predicted molar refractivity (Wildman–Crippen MR) is 78.9 cm³/mol. The Labute approximate surface area is 125 Å². The standard InChI is InChI=1S/C11H12BrN5O2S/c1-2-13-8-4-3-5-14-11(8)20(18,19)17-10-7-15-9(12)6-16-10/h3-7,13H,2H2,1H3,(H,16,17). The molecule has 0 saturated carbocycles. The molecule has 0 atom stereocenters. The van der Waals surface area contributed by atoms with Crippen LogP contribution in [0.5, 0.6) is 0 Å². The summed E-state index contributed by atoms with van der Waals surface area (Å²) in [5.41, 5.74) is 0.438. The minimum Gasteiger partial charge on any atom is -0.383 e. The van der Waals surface area contributed by atoms with Gasteiger partial charge in [0.2, 0.25) is 0 Å². The van der Waals surface area contributed by atoms with E-state index in [0.717, 1.165) is 0 Å². The molecule has 0 amide bonds. The lowest BCUT2D eigenvalue weighted by Crippen LogP contribution is -2.17. The van der Waals surface area contributed by atoms with Gasteiger partial charge in [-0.2, -0.15) is 8.42 Å². The van der Waals surface area contributed by atoms with E-state index in [1.54, 1.807) is 12.1 Å². The third kappa shape index (κ3) is 3.42. The van der Waals surface area contributed by atoms with Gasteiger partial charge in [0.15, 0.2) is 10.8 Å². The van der Waals surface area contributed by atoms with Gasteiger partial charge < -0.3 is 5.32 Å². The van der Waals surface area contributed by atoms with Crippen molar-refractivity contribution in [3.8, 4) is 0 Å². The van der Waals surface area contributed by atoms with E-state index in [4.69, 9.17) is 0 Å². The zero-order chi connectivity index (χ0) is 14.6. The summed E-state index contributed by atoms with van der Waals surface area (Å²) in [5, 5.41) is 2.87. The first kappa shape index (κ1) is 14.7. The van der Waals surface area contributed by atoms with Crippen molar-refractivity contribution in [1.82, 2.24) is 15.0 Å². The number of nitrogens with one attached hydrogen (secondary N) is 2. The maximum atomic E-state index is 12.3. The first-order valence-corrected chi connectivity index (χ1v) is 8.00. The Kier molecular flexibility index (Phi) is 4.50. The molecule has 9 heteroatoms. The van der Waals surface area contributed by atoms with Crippen molar-refractivity contribution in [3.05, 3.63) is 35.3 Å². The van der Waals surface area contributed by atoms with Crippen molar-refractivity contribution >= 4 is 37.5 Å². The van der Waals surface area contributed by atoms with Crippen LogP contribution in [0.2, 0.25) is 0 Å². The lowest BCUT2D eigenvalue weighted by atomic mass is 10.4. The van der Waals surface area contributed by atoms with Gasteiger partial charge in [0, 0.05) is 12.7 Å². The minimum absolute atomic E-state index is 0.0773. The summed E-state index contributed by atoms with van der Waals surface area (Å²) in [6, 6.07) is 3.31. The summed E-state index contributed by atoms with van der Waals surface area (Å²) in [7, 11) is -3.82. The molecule has 2 rings (SSSR count). The van der Waals surface area contributed by atoms with E-state index in [9.17, 15) is 8.42 Å². The van der Waals surface area contributed by atoms with Crippen LogP contribution < -0.4 is 10.0 Å². The van der Waals surface area contributed by atoms with Crippen LogP contribution in [0.3, 0.4) is 0 Å². The number of sulfonamides is 1. The highest BCUT2D eigenvalue weighted by Gasteiger charge is 2.20. The molecule has 2 aromatic heterocycles. The second-order valence-corrected chi connectivity index (χ2v) is 6.13. The number of nitrogens with zero attached hydrogens (tertiary/aromatic N) is 3. The second kappa shape index (κ2) is 6.14. The fourth-order valence-electron chi connectivity index (χ4n) is 1.48. The van der Waals surface area contributed by atoms with Crippen LogP contribution in [-0.4, -0.2) is 29.9 Å². The molecule has 0 aromatic carbocycles. The minimum atomic E-state index is -3.82. The number of rotatable bonds is 5. The summed E-state index contributed by atoms with van der Waals surface area (Å²) in [5.74, 6) is 0.126. The van der Waals surface area contributed by atoms with E-state index < -0.39 is 10.0 Å². The normalized spacial score (nSPS) is 11.1. The van der Waals surface area contributed by atoms with Crippen LogP contribution in [0.4, 0.5) is 11.5 Å². The lowest BCUT2D eigenvalue weighted by Gasteiger charge is -2.11. The SMILES string of the molecule is CCNc1cccnc1S(=O)(=O)Nc1cnc(Br)cn1. The first-order valence-electron chi connectivity index (χ1n) is 5.72. The topological polar surface area (TPSA) is 96.9 Å². The Morgan fingerprint density at radius 2 is 2.05 bits per heavy atom. The fourth-order valence-corrected chi connectivity index (χ4v) is 2.79. The number of hydrogen-bond acceptors (Lipinski definition) is 6. The molecule has 2 aromatic rings. The second-order valence-electron chi connectivity index (χ2n) is 3.72. The molecule has 0 fully saturated rings.